The van der Waals surface area contributed by atoms with Crippen LogP contribution >= 0.6 is 0 Å². The second-order valence-electron chi connectivity index (χ2n) is 5.43. The zero-order chi connectivity index (χ0) is 12.8. The van der Waals surface area contributed by atoms with Gasteiger partial charge in [-0.2, -0.15) is 0 Å². The third-order valence-corrected chi connectivity index (χ3v) is 4.51. The molecule has 0 aromatic rings. The highest BCUT2D eigenvalue weighted by Gasteiger charge is 2.15. The lowest BCUT2D eigenvalue weighted by atomic mass is 10.0. The molecule has 16 heavy (non-hydrogen) atoms. The fraction of sp³-hybridized carbons (Fsp3) is 1.00. The Kier molecular flexibility index (Phi) is 6.56. The normalized spacial score (nSPS) is 15.1. The summed E-state index contributed by atoms with van der Waals surface area (Å²) in [5.41, 5.74) is 0.108. The Morgan fingerprint density at radius 1 is 1.19 bits per heavy atom. The molecule has 0 amide bonds. The second kappa shape index (κ2) is 6.60. The van der Waals surface area contributed by atoms with Crippen molar-refractivity contribution in [2.75, 3.05) is 18.1 Å². The molecule has 0 bridgehead atoms. The SMILES string of the molecule is CCC(CCS(=O)(=O)CC)CNC(C)(C)C. The number of hydrogen-bond donors (Lipinski definition) is 1. The van der Waals surface area contributed by atoms with Crippen molar-refractivity contribution < 1.29 is 8.42 Å². The van der Waals surface area contributed by atoms with Crippen LogP contribution in [0.25, 0.3) is 0 Å². The van der Waals surface area contributed by atoms with Gasteiger partial charge in [-0.3, -0.25) is 0 Å². The lowest BCUT2D eigenvalue weighted by Gasteiger charge is -2.24. The van der Waals surface area contributed by atoms with Crippen LogP contribution in [0.2, 0.25) is 0 Å². The Bertz CT molecular complexity index is 278. The van der Waals surface area contributed by atoms with Gasteiger partial charge in [0.05, 0.1) is 5.75 Å². The predicted molar refractivity (Wildman–Crippen MR) is 70.5 cm³/mol. The van der Waals surface area contributed by atoms with Crippen LogP contribution in [0.1, 0.15) is 47.5 Å². The Hall–Kier alpha value is -0.0900. The molecule has 0 aromatic carbocycles. The molecule has 1 N–H and O–H groups in total. The van der Waals surface area contributed by atoms with Gasteiger partial charge in [-0.1, -0.05) is 20.3 Å². The van der Waals surface area contributed by atoms with Gasteiger partial charge in [0.2, 0.25) is 0 Å². The highest BCUT2D eigenvalue weighted by molar-refractivity contribution is 7.91. The quantitative estimate of drug-likeness (QED) is 0.752. The minimum atomic E-state index is -2.81. The van der Waals surface area contributed by atoms with Gasteiger partial charge in [0.25, 0.3) is 0 Å². The van der Waals surface area contributed by atoms with Crippen LogP contribution in [0.3, 0.4) is 0 Å². The average molecular weight is 249 g/mol. The monoisotopic (exact) mass is 249 g/mol. The van der Waals surface area contributed by atoms with E-state index in [0.29, 0.717) is 11.7 Å². The van der Waals surface area contributed by atoms with Gasteiger partial charge >= 0.3 is 0 Å². The first-order chi connectivity index (χ1) is 7.20. The fourth-order valence-electron chi connectivity index (χ4n) is 1.39. The molecule has 0 fully saturated rings. The van der Waals surface area contributed by atoms with Crippen molar-refractivity contribution in [3.8, 4) is 0 Å². The molecule has 0 saturated heterocycles. The second-order valence-corrected chi connectivity index (χ2v) is 7.90. The van der Waals surface area contributed by atoms with Crippen molar-refractivity contribution in [1.82, 2.24) is 5.32 Å². The number of hydrogen-bond acceptors (Lipinski definition) is 3. The van der Waals surface area contributed by atoms with E-state index < -0.39 is 9.84 Å². The average Bonchev–Trinajstić information content (AvgIpc) is 2.16. The first-order valence-corrected chi connectivity index (χ1v) is 7.97. The van der Waals surface area contributed by atoms with Crippen molar-refractivity contribution in [2.24, 2.45) is 5.92 Å². The summed E-state index contributed by atoms with van der Waals surface area (Å²) in [5, 5.41) is 3.43. The zero-order valence-corrected chi connectivity index (χ0v) is 12.2. The molecule has 4 heteroatoms. The maximum absolute atomic E-state index is 11.4. The maximum Gasteiger partial charge on any atom is 0.150 e. The Morgan fingerprint density at radius 2 is 1.75 bits per heavy atom. The summed E-state index contributed by atoms with van der Waals surface area (Å²) in [6, 6.07) is 0. The van der Waals surface area contributed by atoms with Crippen LogP contribution in [0.15, 0.2) is 0 Å². The minimum Gasteiger partial charge on any atom is -0.312 e. The fourth-order valence-corrected chi connectivity index (χ4v) is 2.37. The van der Waals surface area contributed by atoms with Gasteiger partial charge < -0.3 is 5.32 Å². The number of rotatable bonds is 7. The first kappa shape index (κ1) is 15.9. The topological polar surface area (TPSA) is 46.2 Å². The molecule has 0 aliphatic heterocycles. The summed E-state index contributed by atoms with van der Waals surface area (Å²) in [7, 11) is -2.81. The van der Waals surface area contributed by atoms with Gasteiger partial charge in [-0.15, -0.1) is 0 Å². The third-order valence-electron chi connectivity index (χ3n) is 2.78. The van der Waals surface area contributed by atoms with E-state index in [2.05, 4.69) is 33.0 Å². The lowest BCUT2D eigenvalue weighted by Crippen LogP contribution is -2.39. The van der Waals surface area contributed by atoms with E-state index in [-0.39, 0.29) is 11.3 Å². The Morgan fingerprint density at radius 3 is 2.12 bits per heavy atom. The zero-order valence-electron chi connectivity index (χ0n) is 11.3. The lowest BCUT2D eigenvalue weighted by molar-refractivity contribution is 0.359. The van der Waals surface area contributed by atoms with Gasteiger partial charge in [-0.25, -0.2) is 8.42 Å². The molecule has 0 aliphatic rings. The molecule has 0 spiro atoms. The van der Waals surface area contributed by atoms with Crippen LogP contribution in [-0.2, 0) is 9.84 Å². The van der Waals surface area contributed by atoms with E-state index in [1.54, 1.807) is 6.92 Å². The molecule has 1 atom stereocenters. The van der Waals surface area contributed by atoms with Gasteiger partial charge in [0.15, 0.2) is 0 Å². The molecular formula is C12H27NO2S. The predicted octanol–water partition coefficient (Wildman–Crippen LogP) is 2.23. The van der Waals surface area contributed by atoms with Crippen molar-refractivity contribution in [3.63, 3.8) is 0 Å². The molecular weight excluding hydrogens is 222 g/mol. The highest BCUT2D eigenvalue weighted by Crippen LogP contribution is 2.11. The maximum atomic E-state index is 11.4. The molecule has 0 saturated carbocycles. The molecule has 3 nitrogen and oxygen atoms in total. The summed E-state index contributed by atoms with van der Waals surface area (Å²) in [5.74, 6) is 1.05. The summed E-state index contributed by atoms with van der Waals surface area (Å²) in [4.78, 5) is 0. The molecule has 0 rings (SSSR count). The number of sulfone groups is 1. The van der Waals surface area contributed by atoms with E-state index >= 15 is 0 Å². The van der Waals surface area contributed by atoms with E-state index in [1.807, 2.05) is 0 Å². The Labute approximate surface area is 101 Å². The third kappa shape index (κ3) is 8.11. The van der Waals surface area contributed by atoms with Gasteiger partial charge in [0.1, 0.15) is 9.84 Å². The van der Waals surface area contributed by atoms with Crippen LogP contribution in [0.4, 0.5) is 0 Å². The number of nitrogens with one attached hydrogen (secondary N) is 1. The summed E-state index contributed by atoms with van der Waals surface area (Å²) >= 11 is 0. The van der Waals surface area contributed by atoms with Gasteiger partial charge in [-0.05, 0) is 39.7 Å². The Balaban J connectivity index is 4.03. The molecule has 0 radical (unpaired) electrons. The summed E-state index contributed by atoms with van der Waals surface area (Å²) in [6.07, 6.45) is 1.80. The van der Waals surface area contributed by atoms with Crippen molar-refractivity contribution in [2.45, 2.75) is 53.0 Å². The highest BCUT2D eigenvalue weighted by atomic mass is 32.2. The largest absolute Gasteiger partial charge is 0.312 e. The van der Waals surface area contributed by atoms with E-state index in [4.69, 9.17) is 0 Å². The van der Waals surface area contributed by atoms with E-state index in [0.717, 1.165) is 19.4 Å². The van der Waals surface area contributed by atoms with Crippen LogP contribution in [0.5, 0.6) is 0 Å². The van der Waals surface area contributed by atoms with Crippen LogP contribution < -0.4 is 5.32 Å². The van der Waals surface area contributed by atoms with Crippen LogP contribution in [-0.4, -0.2) is 32.0 Å². The minimum absolute atomic E-state index is 0.108. The van der Waals surface area contributed by atoms with Crippen molar-refractivity contribution in [3.05, 3.63) is 0 Å². The molecule has 98 valence electrons. The first-order valence-electron chi connectivity index (χ1n) is 6.15. The summed E-state index contributed by atoms with van der Waals surface area (Å²) in [6.45, 7) is 11.1. The standard InChI is InChI=1S/C12H27NO2S/c1-6-11(10-13-12(3,4)5)8-9-16(14,15)7-2/h11,13H,6-10H2,1-5H3. The van der Waals surface area contributed by atoms with E-state index in [1.165, 1.54) is 0 Å². The molecule has 0 aromatic heterocycles. The van der Waals surface area contributed by atoms with Crippen LogP contribution in [0, 0.1) is 5.92 Å². The smallest absolute Gasteiger partial charge is 0.150 e. The molecule has 0 heterocycles. The summed E-state index contributed by atoms with van der Waals surface area (Å²) < 4.78 is 22.8. The van der Waals surface area contributed by atoms with Crippen molar-refractivity contribution in [1.29, 1.82) is 0 Å². The molecule has 0 aliphatic carbocycles. The molecule has 1 unspecified atom stereocenters. The van der Waals surface area contributed by atoms with Crippen molar-refractivity contribution >= 4 is 9.84 Å². The van der Waals surface area contributed by atoms with E-state index in [9.17, 15) is 8.42 Å². The van der Waals surface area contributed by atoms with Gasteiger partial charge in [0, 0.05) is 11.3 Å².